The minimum absolute atomic E-state index is 0.162. The first-order valence-corrected chi connectivity index (χ1v) is 11.0. The van der Waals surface area contributed by atoms with Crippen LogP contribution in [0.15, 0.2) is 0 Å². The van der Waals surface area contributed by atoms with Crippen molar-refractivity contribution < 1.29 is 4.79 Å². The maximum atomic E-state index is 12.7. The van der Waals surface area contributed by atoms with Gasteiger partial charge in [-0.25, -0.2) is 13.4 Å². The highest BCUT2D eigenvalue weighted by Gasteiger charge is 2.34. The summed E-state index contributed by atoms with van der Waals surface area (Å²) in [4.78, 5) is 12.7. The predicted molar refractivity (Wildman–Crippen MR) is 103 cm³/mol. The lowest BCUT2D eigenvalue weighted by atomic mass is 9.96. The van der Waals surface area contributed by atoms with Crippen LogP contribution in [-0.2, 0) is 0 Å². The molecule has 0 aromatic rings. The third kappa shape index (κ3) is 4.74. The van der Waals surface area contributed by atoms with Gasteiger partial charge in [0.25, 0.3) is 0 Å². The van der Waals surface area contributed by atoms with Gasteiger partial charge in [-0.2, -0.15) is 0 Å². The second-order valence-electron chi connectivity index (χ2n) is 7.33. The molecule has 0 unspecified atom stereocenters. The van der Waals surface area contributed by atoms with Crippen molar-refractivity contribution in [1.82, 2.24) is 17.2 Å². The molecule has 2 aliphatic carbocycles. The zero-order valence-electron chi connectivity index (χ0n) is 15.2. The maximum Gasteiger partial charge on any atom is 0.342 e. The molecule has 1 aliphatic heterocycles. The van der Waals surface area contributed by atoms with Crippen molar-refractivity contribution in [2.24, 2.45) is 0 Å². The Hall–Kier alpha value is -0.110. The molecule has 0 aromatic heterocycles. The number of rotatable bonds is 6. The Morgan fingerprint density at radius 3 is 1.50 bits per heavy atom. The highest BCUT2D eigenvalue weighted by Crippen LogP contribution is 2.33. The van der Waals surface area contributed by atoms with Gasteiger partial charge in [0, 0.05) is 36.4 Å². The van der Waals surface area contributed by atoms with Crippen molar-refractivity contribution in [3.63, 3.8) is 0 Å². The average molecular weight is 373 g/mol. The van der Waals surface area contributed by atoms with E-state index in [0.29, 0.717) is 12.1 Å². The molecular weight excluding hydrogens is 340 g/mol. The summed E-state index contributed by atoms with van der Waals surface area (Å²) in [6, 6.07) is 1.42. The molecule has 2 saturated carbocycles. The van der Waals surface area contributed by atoms with Crippen molar-refractivity contribution in [3.8, 4) is 0 Å². The zero-order valence-corrected chi connectivity index (χ0v) is 16.8. The Kier molecular flexibility index (Phi) is 7.01. The van der Waals surface area contributed by atoms with Gasteiger partial charge >= 0.3 is 6.03 Å². The number of carbonyl (C=O) groups is 1. The lowest BCUT2D eigenvalue weighted by Gasteiger charge is -2.33. The molecule has 3 fully saturated rings. The summed E-state index contributed by atoms with van der Waals surface area (Å²) in [6.07, 6.45) is 13.2. The molecule has 0 aromatic carbocycles. The molecule has 1 heterocycles. The standard InChI is InChI=1S/C17H32N4OS2/c1-18(15-9-5-3-6-10-15)23-20-13-14-21(17(20)22)24-19(2)16-11-7-4-8-12-16/h15-16H,3-14H2,1-2H3. The van der Waals surface area contributed by atoms with Crippen LogP contribution < -0.4 is 0 Å². The minimum atomic E-state index is 0.162. The van der Waals surface area contributed by atoms with Crippen LogP contribution in [0.2, 0.25) is 0 Å². The van der Waals surface area contributed by atoms with Crippen LogP contribution >= 0.6 is 24.3 Å². The lowest BCUT2D eigenvalue weighted by molar-refractivity contribution is 0.224. The molecule has 3 rings (SSSR count). The van der Waals surface area contributed by atoms with Gasteiger partial charge < -0.3 is 0 Å². The summed E-state index contributed by atoms with van der Waals surface area (Å²) < 4.78 is 8.51. The summed E-state index contributed by atoms with van der Waals surface area (Å²) in [7, 11) is 4.30. The van der Waals surface area contributed by atoms with Crippen LogP contribution in [0.3, 0.4) is 0 Å². The predicted octanol–water partition coefficient (Wildman–Crippen LogP) is 4.38. The Morgan fingerprint density at radius 1 is 0.750 bits per heavy atom. The monoisotopic (exact) mass is 372 g/mol. The fourth-order valence-corrected chi connectivity index (χ4v) is 6.01. The van der Waals surface area contributed by atoms with E-state index in [1.807, 2.05) is 8.61 Å². The fraction of sp³-hybridized carbons (Fsp3) is 0.941. The van der Waals surface area contributed by atoms with E-state index in [2.05, 4.69) is 22.7 Å². The summed E-state index contributed by atoms with van der Waals surface area (Å²) in [6.45, 7) is 1.65. The van der Waals surface area contributed by atoms with Crippen molar-refractivity contribution >= 4 is 30.3 Å². The van der Waals surface area contributed by atoms with Gasteiger partial charge in [-0.1, -0.05) is 38.5 Å². The molecule has 0 bridgehead atoms. The largest absolute Gasteiger partial charge is 0.342 e. The summed E-state index contributed by atoms with van der Waals surface area (Å²) in [5, 5.41) is 0. The Morgan fingerprint density at radius 2 is 1.12 bits per heavy atom. The van der Waals surface area contributed by atoms with Gasteiger partial charge in [-0.05, 0) is 39.8 Å². The quantitative estimate of drug-likeness (QED) is 0.646. The van der Waals surface area contributed by atoms with Gasteiger partial charge in [-0.15, -0.1) is 0 Å². The SMILES string of the molecule is CN(SN1CCN(SN(C)C2CCCCC2)C1=O)C1CCCCC1. The summed E-state index contributed by atoms with van der Waals surface area (Å²) in [5.74, 6) is 0. The summed E-state index contributed by atoms with van der Waals surface area (Å²) >= 11 is 3.26. The van der Waals surface area contributed by atoms with Gasteiger partial charge in [-0.3, -0.25) is 8.61 Å². The van der Waals surface area contributed by atoms with E-state index in [9.17, 15) is 4.79 Å². The number of hydrogen-bond donors (Lipinski definition) is 0. The van der Waals surface area contributed by atoms with Crippen molar-refractivity contribution in [3.05, 3.63) is 0 Å². The molecule has 0 N–H and O–H groups in total. The first kappa shape index (κ1) is 18.7. The van der Waals surface area contributed by atoms with E-state index in [-0.39, 0.29) is 6.03 Å². The molecule has 3 aliphatic rings. The Labute approximate surface area is 156 Å². The first-order chi connectivity index (χ1) is 11.6. The molecule has 7 heteroatoms. The lowest BCUT2D eigenvalue weighted by Crippen LogP contribution is -2.35. The van der Waals surface area contributed by atoms with Gasteiger partial charge in [0.1, 0.15) is 0 Å². The fourth-order valence-electron chi connectivity index (χ4n) is 3.98. The third-order valence-electron chi connectivity index (χ3n) is 5.57. The molecule has 138 valence electrons. The van der Waals surface area contributed by atoms with Crippen molar-refractivity contribution in [2.45, 2.75) is 76.3 Å². The van der Waals surface area contributed by atoms with Gasteiger partial charge in [0.15, 0.2) is 0 Å². The van der Waals surface area contributed by atoms with Crippen molar-refractivity contribution in [2.75, 3.05) is 27.2 Å². The van der Waals surface area contributed by atoms with Crippen molar-refractivity contribution in [1.29, 1.82) is 0 Å². The van der Waals surface area contributed by atoms with Crippen LogP contribution in [0.25, 0.3) is 0 Å². The Balaban J connectivity index is 1.45. The molecule has 5 nitrogen and oxygen atoms in total. The second-order valence-corrected chi connectivity index (χ2v) is 9.69. The average Bonchev–Trinajstić information content (AvgIpc) is 2.96. The van der Waals surface area contributed by atoms with E-state index < -0.39 is 0 Å². The maximum absolute atomic E-state index is 12.7. The van der Waals surface area contributed by atoms with Crippen LogP contribution in [0, 0.1) is 0 Å². The number of urea groups is 1. The minimum Gasteiger partial charge on any atom is -0.252 e. The smallest absolute Gasteiger partial charge is 0.252 e. The molecule has 0 radical (unpaired) electrons. The molecule has 0 spiro atoms. The number of amides is 2. The molecule has 0 atom stereocenters. The number of carbonyl (C=O) groups excluding carboxylic acids is 1. The molecule has 1 saturated heterocycles. The van der Waals surface area contributed by atoms with Crippen LogP contribution in [0.5, 0.6) is 0 Å². The van der Waals surface area contributed by atoms with E-state index in [4.69, 9.17) is 0 Å². The highest BCUT2D eigenvalue weighted by atomic mass is 32.2. The molecule has 24 heavy (non-hydrogen) atoms. The van der Waals surface area contributed by atoms with Crippen LogP contribution in [0.1, 0.15) is 64.2 Å². The normalized spacial score (nSPS) is 24.6. The van der Waals surface area contributed by atoms with E-state index in [0.717, 1.165) is 13.1 Å². The summed E-state index contributed by atoms with van der Waals surface area (Å²) in [5.41, 5.74) is 0. The second kappa shape index (κ2) is 9.01. The molecule has 2 amide bonds. The Bertz CT molecular complexity index is 377. The first-order valence-electron chi connectivity index (χ1n) is 9.56. The van der Waals surface area contributed by atoms with Crippen LogP contribution in [-0.4, -0.2) is 62.5 Å². The number of hydrogen-bond acceptors (Lipinski definition) is 5. The highest BCUT2D eigenvalue weighted by molar-refractivity contribution is 7.96. The van der Waals surface area contributed by atoms with E-state index in [1.165, 1.54) is 64.2 Å². The van der Waals surface area contributed by atoms with E-state index in [1.54, 1.807) is 24.3 Å². The zero-order chi connectivity index (χ0) is 16.9. The van der Waals surface area contributed by atoms with E-state index >= 15 is 0 Å². The van der Waals surface area contributed by atoms with Gasteiger partial charge in [0.2, 0.25) is 0 Å². The topological polar surface area (TPSA) is 30.0 Å². The molecular formula is C17H32N4OS2. The number of nitrogens with zero attached hydrogens (tertiary/aromatic N) is 4. The van der Waals surface area contributed by atoms with Gasteiger partial charge in [0.05, 0.1) is 13.1 Å². The van der Waals surface area contributed by atoms with Crippen LogP contribution in [0.4, 0.5) is 4.79 Å². The third-order valence-corrected chi connectivity index (χ3v) is 7.75.